The van der Waals surface area contributed by atoms with Gasteiger partial charge < -0.3 is 14.4 Å². The predicted octanol–water partition coefficient (Wildman–Crippen LogP) is 3.17. The van der Waals surface area contributed by atoms with E-state index in [0.717, 1.165) is 12.0 Å². The predicted molar refractivity (Wildman–Crippen MR) is 111 cm³/mol. The topological polar surface area (TPSA) is 72.9 Å². The van der Waals surface area contributed by atoms with E-state index >= 15 is 0 Å². The van der Waals surface area contributed by atoms with Crippen LogP contribution in [-0.2, 0) is 14.6 Å². The van der Waals surface area contributed by atoms with Gasteiger partial charge in [0.1, 0.15) is 0 Å². The normalized spacial score (nSPS) is 18.5. The van der Waals surface area contributed by atoms with Gasteiger partial charge in [0.2, 0.25) is 5.91 Å². The van der Waals surface area contributed by atoms with Gasteiger partial charge in [-0.1, -0.05) is 26.8 Å². The van der Waals surface area contributed by atoms with Crippen LogP contribution in [-0.4, -0.2) is 57.0 Å². The quantitative estimate of drug-likeness (QED) is 0.586. The Bertz CT molecular complexity index is 801. The van der Waals surface area contributed by atoms with E-state index in [2.05, 4.69) is 13.8 Å². The van der Waals surface area contributed by atoms with Crippen LogP contribution in [0.3, 0.4) is 0 Å². The zero-order valence-electron chi connectivity index (χ0n) is 17.2. The molecule has 1 aromatic carbocycles. The SMILES string of the molecule is CCCN(C(=O)/C=C/c1ccc(OCC(C)C)c(OC)c1)C1CCS(=O)(=O)C1. The molecule has 0 aliphatic carbocycles. The standard InChI is InChI=1S/C21H31NO5S/c1-5-11-22(18-10-12-28(24,25)15-18)21(23)9-7-17-6-8-19(20(13-17)26-4)27-14-16(2)3/h6-9,13,16,18H,5,10-12,14-15H2,1-4H3/b9-7+. The van der Waals surface area contributed by atoms with Crippen molar-refractivity contribution in [3.05, 3.63) is 29.8 Å². The van der Waals surface area contributed by atoms with E-state index in [9.17, 15) is 13.2 Å². The number of rotatable bonds is 9. The lowest BCUT2D eigenvalue weighted by molar-refractivity contribution is -0.127. The Labute approximate surface area is 168 Å². The van der Waals surface area contributed by atoms with Crippen molar-refractivity contribution in [2.75, 3.05) is 31.8 Å². The van der Waals surface area contributed by atoms with E-state index in [0.29, 0.717) is 37.0 Å². The lowest BCUT2D eigenvalue weighted by Gasteiger charge is -2.26. The van der Waals surface area contributed by atoms with Gasteiger partial charge in [0, 0.05) is 18.7 Å². The summed E-state index contributed by atoms with van der Waals surface area (Å²) in [6, 6.07) is 5.29. The maximum atomic E-state index is 12.7. The Balaban J connectivity index is 2.10. The van der Waals surface area contributed by atoms with Crippen molar-refractivity contribution in [2.45, 2.75) is 39.7 Å². The molecule has 6 nitrogen and oxygen atoms in total. The first kappa shape index (κ1) is 22.3. The summed E-state index contributed by atoms with van der Waals surface area (Å²) in [4.78, 5) is 14.4. The molecular formula is C21H31NO5S. The average Bonchev–Trinajstić information content (AvgIpc) is 3.01. The third-order valence-corrected chi connectivity index (χ3v) is 6.33. The van der Waals surface area contributed by atoms with Crippen molar-refractivity contribution < 1.29 is 22.7 Å². The third-order valence-electron chi connectivity index (χ3n) is 4.57. The molecule has 0 bridgehead atoms. The van der Waals surface area contributed by atoms with E-state index in [4.69, 9.17) is 9.47 Å². The van der Waals surface area contributed by atoms with Crippen LogP contribution in [0.1, 0.15) is 39.2 Å². The monoisotopic (exact) mass is 409 g/mol. The second-order valence-electron chi connectivity index (χ2n) is 7.54. The number of hydrogen-bond acceptors (Lipinski definition) is 5. The molecule has 156 valence electrons. The van der Waals surface area contributed by atoms with E-state index < -0.39 is 9.84 Å². The fraction of sp³-hybridized carbons (Fsp3) is 0.571. The number of ether oxygens (including phenoxy) is 2. The van der Waals surface area contributed by atoms with Crippen molar-refractivity contribution in [1.82, 2.24) is 4.90 Å². The van der Waals surface area contributed by atoms with Gasteiger partial charge in [0.25, 0.3) is 0 Å². The number of amides is 1. The Morgan fingerprint density at radius 2 is 2.07 bits per heavy atom. The minimum atomic E-state index is -3.03. The molecule has 2 rings (SSSR count). The van der Waals surface area contributed by atoms with Crippen LogP contribution < -0.4 is 9.47 Å². The lowest BCUT2D eigenvalue weighted by Crippen LogP contribution is -2.40. The summed E-state index contributed by atoms with van der Waals surface area (Å²) in [6.45, 7) is 7.28. The number of carbonyl (C=O) groups is 1. The number of carbonyl (C=O) groups excluding carboxylic acids is 1. The highest BCUT2D eigenvalue weighted by molar-refractivity contribution is 7.91. The molecule has 28 heavy (non-hydrogen) atoms. The largest absolute Gasteiger partial charge is 0.493 e. The van der Waals surface area contributed by atoms with Gasteiger partial charge in [0.05, 0.1) is 25.2 Å². The summed E-state index contributed by atoms with van der Waals surface area (Å²) < 4.78 is 34.7. The molecule has 0 spiro atoms. The average molecular weight is 410 g/mol. The number of hydrogen-bond donors (Lipinski definition) is 0. The summed E-state index contributed by atoms with van der Waals surface area (Å²) in [7, 11) is -1.45. The van der Waals surface area contributed by atoms with Crippen LogP contribution in [0.2, 0.25) is 0 Å². The molecule has 1 aliphatic rings. The first-order chi connectivity index (χ1) is 13.3. The number of nitrogens with zero attached hydrogens (tertiary/aromatic N) is 1. The van der Waals surface area contributed by atoms with E-state index in [-0.39, 0.29) is 23.5 Å². The van der Waals surface area contributed by atoms with Gasteiger partial charge in [-0.2, -0.15) is 0 Å². The van der Waals surface area contributed by atoms with E-state index in [1.54, 1.807) is 18.1 Å². The van der Waals surface area contributed by atoms with Gasteiger partial charge in [0.15, 0.2) is 21.3 Å². The zero-order chi connectivity index (χ0) is 20.7. The molecule has 1 heterocycles. The van der Waals surface area contributed by atoms with Gasteiger partial charge >= 0.3 is 0 Å². The summed E-state index contributed by atoms with van der Waals surface area (Å²) in [6.07, 6.45) is 4.52. The van der Waals surface area contributed by atoms with Crippen molar-refractivity contribution >= 4 is 21.8 Å². The Kier molecular flexibility index (Phi) is 7.92. The van der Waals surface area contributed by atoms with Crippen molar-refractivity contribution in [1.29, 1.82) is 0 Å². The fourth-order valence-electron chi connectivity index (χ4n) is 3.16. The highest BCUT2D eigenvalue weighted by Gasteiger charge is 2.33. The molecule has 1 fully saturated rings. The Morgan fingerprint density at radius 1 is 1.32 bits per heavy atom. The van der Waals surface area contributed by atoms with Gasteiger partial charge in [-0.15, -0.1) is 0 Å². The molecule has 0 saturated carbocycles. The molecule has 7 heteroatoms. The summed E-state index contributed by atoms with van der Waals surface area (Å²) >= 11 is 0. The molecule has 0 N–H and O–H groups in total. The molecule has 1 aliphatic heterocycles. The highest BCUT2D eigenvalue weighted by atomic mass is 32.2. The van der Waals surface area contributed by atoms with Gasteiger partial charge in [-0.3, -0.25) is 4.79 Å². The van der Waals surface area contributed by atoms with Crippen molar-refractivity contribution in [3.8, 4) is 11.5 Å². The minimum Gasteiger partial charge on any atom is -0.493 e. The van der Waals surface area contributed by atoms with Crippen molar-refractivity contribution in [3.63, 3.8) is 0 Å². The highest BCUT2D eigenvalue weighted by Crippen LogP contribution is 2.29. The van der Waals surface area contributed by atoms with Crippen LogP contribution in [0.15, 0.2) is 24.3 Å². The van der Waals surface area contributed by atoms with Crippen LogP contribution in [0, 0.1) is 5.92 Å². The summed E-state index contributed by atoms with van der Waals surface area (Å²) in [5, 5.41) is 0. The van der Waals surface area contributed by atoms with Crippen LogP contribution in [0.4, 0.5) is 0 Å². The van der Waals surface area contributed by atoms with Gasteiger partial charge in [-0.05, 0) is 42.5 Å². The second-order valence-corrected chi connectivity index (χ2v) is 9.77. The smallest absolute Gasteiger partial charge is 0.246 e. The minimum absolute atomic E-state index is 0.0578. The number of sulfone groups is 1. The molecule has 1 amide bonds. The van der Waals surface area contributed by atoms with Crippen LogP contribution >= 0.6 is 0 Å². The number of benzene rings is 1. The summed E-state index contributed by atoms with van der Waals surface area (Å²) in [5.74, 6) is 1.74. The van der Waals surface area contributed by atoms with Crippen molar-refractivity contribution in [2.24, 2.45) is 5.92 Å². The molecule has 1 atom stereocenters. The fourth-order valence-corrected chi connectivity index (χ4v) is 4.89. The molecule has 1 unspecified atom stereocenters. The zero-order valence-corrected chi connectivity index (χ0v) is 18.0. The Morgan fingerprint density at radius 3 is 2.64 bits per heavy atom. The van der Waals surface area contributed by atoms with E-state index in [1.165, 1.54) is 6.08 Å². The molecular weight excluding hydrogens is 378 g/mol. The maximum absolute atomic E-state index is 12.7. The third kappa shape index (κ3) is 6.26. The molecule has 0 aromatic heterocycles. The lowest BCUT2D eigenvalue weighted by atomic mass is 10.1. The van der Waals surface area contributed by atoms with E-state index in [1.807, 2.05) is 25.1 Å². The first-order valence-corrected chi connectivity index (χ1v) is 11.6. The van der Waals surface area contributed by atoms with Crippen LogP contribution in [0.25, 0.3) is 6.08 Å². The number of methoxy groups -OCH3 is 1. The maximum Gasteiger partial charge on any atom is 0.246 e. The van der Waals surface area contributed by atoms with Gasteiger partial charge in [-0.25, -0.2) is 8.42 Å². The molecule has 1 aromatic rings. The first-order valence-electron chi connectivity index (χ1n) is 9.75. The molecule has 0 radical (unpaired) electrons. The van der Waals surface area contributed by atoms with Crippen LogP contribution in [0.5, 0.6) is 11.5 Å². The summed E-state index contributed by atoms with van der Waals surface area (Å²) in [5.41, 5.74) is 0.817. The molecule has 1 saturated heterocycles. The second kappa shape index (κ2) is 9.96. The Hall–Kier alpha value is -2.02.